The van der Waals surface area contributed by atoms with Crippen molar-refractivity contribution in [2.75, 3.05) is 19.6 Å². The monoisotopic (exact) mass is 332 g/mol. The van der Waals surface area contributed by atoms with Gasteiger partial charge in [-0.25, -0.2) is 0 Å². The fourth-order valence-corrected chi connectivity index (χ4v) is 3.66. The van der Waals surface area contributed by atoms with Gasteiger partial charge in [-0.1, -0.05) is 20.8 Å². The molecule has 0 unspecified atom stereocenters. The molecule has 0 aliphatic heterocycles. The third-order valence-corrected chi connectivity index (χ3v) is 5.15. The first kappa shape index (κ1) is 16.2. The number of rotatable bonds is 7. The summed E-state index contributed by atoms with van der Waals surface area (Å²) in [5.41, 5.74) is 6.03. The van der Waals surface area contributed by atoms with E-state index in [0.29, 0.717) is 0 Å². The molecule has 0 saturated heterocycles. The molecule has 0 aromatic carbocycles. The third-order valence-electron chi connectivity index (χ3n) is 3.03. The van der Waals surface area contributed by atoms with Crippen LogP contribution in [0.1, 0.15) is 36.9 Å². The highest BCUT2D eigenvalue weighted by Gasteiger charge is 2.20. The van der Waals surface area contributed by atoms with Crippen LogP contribution in [0.15, 0.2) is 10.5 Å². The van der Waals surface area contributed by atoms with Gasteiger partial charge in [0.2, 0.25) is 0 Å². The minimum Gasteiger partial charge on any atom is -0.330 e. The fourth-order valence-electron chi connectivity index (χ4n) is 2.02. The van der Waals surface area contributed by atoms with Crippen molar-refractivity contribution in [2.24, 2.45) is 11.1 Å². The van der Waals surface area contributed by atoms with Crippen molar-refractivity contribution in [1.82, 2.24) is 4.90 Å². The summed E-state index contributed by atoms with van der Waals surface area (Å²) in [7, 11) is 0. The number of aryl methyl sites for hydroxylation is 1. The van der Waals surface area contributed by atoms with E-state index in [0.717, 1.165) is 26.2 Å². The van der Waals surface area contributed by atoms with Crippen molar-refractivity contribution in [1.29, 1.82) is 0 Å². The molecule has 2 nitrogen and oxygen atoms in total. The SMILES string of the molecule is CCCN(Cc1cc(Br)c(C)s1)CC(C)(C)CN. The van der Waals surface area contributed by atoms with E-state index in [4.69, 9.17) is 5.73 Å². The first-order valence-electron chi connectivity index (χ1n) is 6.55. The summed E-state index contributed by atoms with van der Waals surface area (Å²) in [4.78, 5) is 5.31. The van der Waals surface area contributed by atoms with E-state index in [-0.39, 0.29) is 5.41 Å². The van der Waals surface area contributed by atoms with Crippen LogP contribution in [0.2, 0.25) is 0 Å². The Hall–Kier alpha value is 0.1000. The molecule has 0 fully saturated rings. The van der Waals surface area contributed by atoms with Gasteiger partial charge in [-0.15, -0.1) is 11.3 Å². The average molecular weight is 333 g/mol. The van der Waals surface area contributed by atoms with E-state index in [1.54, 1.807) is 0 Å². The Kier molecular flexibility index (Phi) is 6.31. The second-order valence-corrected chi connectivity index (χ2v) is 7.89. The summed E-state index contributed by atoms with van der Waals surface area (Å²) < 4.78 is 1.23. The first-order valence-corrected chi connectivity index (χ1v) is 8.16. The van der Waals surface area contributed by atoms with Crippen molar-refractivity contribution in [3.63, 3.8) is 0 Å². The third kappa shape index (κ3) is 5.00. The molecule has 4 heteroatoms. The van der Waals surface area contributed by atoms with Gasteiger partial charge in [-0.3, -0.25) is 4.90 Å². The van der Waals surface area contributed by atoms with Crippen molar-refractivity contribution in [3.8, 4) is 0 Å². The van der Waals surface area contributed by atoms with Gasteiger partial charge in [-0.2, -0.15) is 0 Å². The van der Waals surface area contributed by atoms with E-state index in [9.17, 15) is 0 Å². The Labute approximate surface area is 124 Å². The highest BCUT2D eigenvalue weighted by Crippen LogP contribution is 2.28. The Bertz CT molecular complexity index is 354. The van der Waals surface area contributed by atoms with Crippen molar-refractivity contribution in [3.05, 3.63) is 20.3 Å². The van der Waals surface area contributed by atoms with Crippen LogP contribution in [0.25, 0.3) is 0 Å². The number of thiophene rings is 1. The van der Waals surface area contributed by atoms with Gasteiger partial charge in [0.1, 0.15) is 0 Å². The maximum atomic E-state index is 5.84. The number of halogens is 1. The summed E-state index contributed by atoms with van der Waals surface area (Å²) in [5, 5.41) is 0. The Balaban J connectivity index is 2.68. The molecule has 0 amide bonds. The van der Waals surface area contributed by atoms with Crippen LogP contribution < -0.4 is 5.73 Å². The first-order chi connectivity index (χ1) is 8.38. The zero-order valence-electron chi connectivity index (χ0n) is 11.9. The molecule has 0 radical (unpaired) electrons. The minimum absolute atomic E-state index is 0.193. The van der Waals surface area contributed by atoms with Crippen LogP contribution in [-0.2, 0) is 6.54 Å². The molecule has 1 aromatic heterocycles. The number of nitrogens with zero attached hydrogens (tertiary/aromatic N) is 1. The van der Waals surface area contributed by atoms with Gasteiger partial charge in [-0.05, 0) is 53.8 Å². The zero-order chi connectivity index (χ0) is 13.8. The molecule has 0 aliphatic carbocycles. The zero-order valence-corrected chi connectivity index (χ0v) is 14.3. The lowest BCUT2D eigenvalue weighted by Gasteiger charge is -2.31. The molecule has 1 heterocycles. The lowest BCUT2D eigenvalue weighted by atomic mass is 9.93. The van der Waals surface area contributed by atoms with Gasteiger partial charge in [0.05, 0.1) is 0 Å². The van der Waals surface area contributed by atoms with E-state index < -0.39 is 0 Å². The van der Waals surface area contributed by atoms with Crippen LogP contribution >= 0.6 is 27.3 Å². The number of nitrogens with two attached hydrogens (primary N) is 1. The van der Waals surface area contributed by atoms with Gasteiger partial charge in [0, 0.05) is 27.3 Å². The molecular formula is C14H25BrN2S. The quantitative estimate of drug-likeness (QED) is 0.817. The molecule has 0 spiro atoms. The second-order valence-electron chi connectivity index (χ2n) is 5.70. The van der Waals surface area contributed by atoms with Gasteiger partial charge in [0.15, 0.2) is 0 Å². The Morgan fingerprint density at radius 3 is 2.56 bits per heavy atom. The molecule has 2 N–H and O–H groups in total. The second kappa shape index (κ2) is 7.04. The molecule has 0 atom stereocenters. The van der Waals surface area contributed by atoms with E-state index in [2.05, 4.69) is 54.6 Å². The van der Waals surface area contributed by atoms with Crippen LogP contribution in [-0.4, -0.2) is 24.5 Å². The highest BCUT2D eigenvalue weighted by molar-refractivity contribution is 9.10. The predicted molar refractivity (Wildman–Crippen MR) is 85.2 cm³/mol. The van der Waals surface area contributed by atoms with Crippen LogP contribution in [0.3, 0.4) is 0 Å². The molecule has 104 valence electrons. The normalized spacial score (nSPS) is 12.4. The molecule has 0 bridgehead atoms. The summed E-state index contributed by atoms with van der Waals surface area (Å²) in [6.45, 7) is 12.8. The maximum Gasteiger partial charge on any atom is 0.0328 e. The molecular weight excluding hydrogens is 308 g/mol. The molecule has 0 saturated carbocycles. The van der Waals surface area contributed by atoms with Crippen LogP contribution in [0.4, 0.5) is 0 Å². The van der Waals surface area contributed by atoms with E-state index in [1.165, 1.54) is 20.6 Å². The van der Waals surface area contributed by atoms with Crippen molar-refractivity contribution >= 4 is 27.3 Å². The van der Waals surface area contributed by atoms with Gasteiger partial charge in [0.25, 0.3) is 0 Å². The standard InChI is InChI=1S/C14H25BrN2S/c1-5-6-17(10-14(3,4)9-16)8-12-7-13(15)11(2)18-12/h7H,5-6,8-10,16H2,1-4H3. The molecule has 18 heavy (non-hydrogen) atoms. The Morgan fingerprint density at radius 2 is 2.11 bits per heavy atom. The maximum absolute atomic E-state index is 5.84. The molecule has 1 rings (SSSR count). The largest absolute Gasteiger partial charge is 0.330 e. The molecule has 0 aliphatic rings. The predicted octanol–water partition coefficient (Wildman–Crippen LogP) is 4.02. The summed E-state index contributed by atoms with van der Waals surface area (Å²) >= 11 is 5.47. The smallest absolute Gasteiger partial charge is 0.0328 e. The lowest BCUT2D eigenvalue weighted by Crippen LogP contribution is -2.38. The summed E-state index contributed by atoms with van der Waals surface area (Å²) in [5.74, 6) is 0. The topological polar surface area (TPSA) is 29.3 Å². The average Bonchev–Trinajstić information content (AvgIpc) is 2.58. The Morgan fingerprint density at radius 1 is 1.44 bits per heavy atom. The molecule has 1 aromatic rings. The van der Waals surface area contributed by atoms with Crippen LogP contribution in [0.5, 0.6) is 0 Å². The fraction of sp³-hybridized carbons (Fsp3) is 0.714. The minimum atomic E-state index is 0.193. The highest BCUT2D eigenvalue weighted by atomic mass is 79.9. The lowest BCUT2D eigenvalue weighted by molar-refractivity contribution is 0.177. The van der Waals surface area contributed by atoms with Crippen molar-refractivity contribution in [2.45, 2.75) is 40.7 Å². The van der Waals surface area contributed by atoms with E-state index >= 15 is 0 Å². The van der Waals surface area contributed by atoms with Crippen molar-refractivity contribution < 1.29 is 0 Å². The summed E-state index contributed by atoms with van der Waals surface area (Å²) in [6, 6.07) is 2.25. The van der Waals surface area contributed by atoms with E-state index in [1.807, 2.05) is 11.3 Å². The van der Waals surface area contributed by atoms with Gasteiger partial charge < -0.3 is 5.73 Å². The number of hydrogen-bond acceptors (Lipinski definition) is 3. The van der Waals surface area contributed by atoms with Crippen LogP contribution in [0, 0.1) is 12.3 Å². The van der Waals surface area contributed by atoms with Gasteiger partial charge >= 0.3 is 0 Å². The summed E-state index contributed by atoms with van der Waals surface area (Å²) in [6.07, 6.45) is 1.19. The number of hydrogen-bond donors (Lipinski definition) is 1.